The highest BCUT2D eigenvalue weighted by atomic mass is 15.1. The van der Waals surface area contributed by atoms with Crippen molar-refractivity contribution >= 4 is 38.9 Å². The summed E-state index contributed by atoms with van der Waals surface area (Å²) in [5, 5.41) is 2.49. The first-order valence-corrected chi connectivity index (χ1v) is 20.5. The minimum absolute atomic E-state index is 0.119. The van der Waals surface area contributed by atoms with E-state index in [0.29, 0.717) is 0 Å². The van der Waals surface area contributed by atoms with E-state index in [4.69, 9.17) is 0 Å². The van der Waals surface area contributed by atoms with Gasteiger partial charge >= 0.3 is 0 Å². The fourth-order valence-corrected chi connectivity index (χ4v) is 9.49. The highest BCUT2D eigenvalue weighted by Crippen LogP contribution is 2.51. The largest absolute Gasteiger partial charge is 0.310 e. The van der Waals surface area contributed by atoms with Gasteiger partial charge in [0, 0.05) is 38.9 Å². The molecule has 1 heterocycles. The highest BCUT2D eigenvalue weighted by Gasteiger charge is 2.35. The minimum atomic E-state index is -0.119. The summed E-state index contributed by atoms with van der Waals surface area (Å²) in [4.78, 5) is 2.43. The molecule has 11 rings (SSSR count). The van der Waals surface area contributed by atoms with Gasteiger partial charge in [-0.1, -0.05) is 166 Å². The van der Waals surface area contributed by atoms with E-state index in [0.717, 1.165) is 22.7 Å². The Morgan fingerprint density at radius 2 is 0.881 bits per heavy atom. The molecule has 0 unspecified atom stereocenters. The number of fused-ring (bicyclic) bond motifs is 6. The summed E-state index contributed by atoms with van der Waals surface area (Å²) in [6.07, 6.45) is 0. The lowest BCUT2D eigenvalue weighted by atomic mass is 9.82. The van der Waals surface area contributed by atoms with Crippen LogP contribution >= 0.6 is 0 Å². The van der Waals surface area contributed by atoms with Gasteiger partial charge in [0.25, 0.3) is 0 Å². The lowest BCUT2D eigenvalue weighted by Gasteiger charge is -2.29. The van der Waals surface area contributed by atoms with Crippen molar-refractivity contribution in [1.29, 1.82) is 0 Å². The molecule has 0 amide bonds. The summed E-state index contributed by atoms with van der Waals surface area (Å²) >= 11 is 0. The smallest absolute Gasteiger partial charge is 0.0541 e. The Bertz CT molecular complexity index is 3160. The first-order valence-electron chi connectivity index (χ1n) is 20.5. The number of benzene rings is 9. The van der Waals surface area contributed by atoms with Gasteiger partial charge in [0.05, 0.1) is 11.0 Å². The van der Waals surface area contributed by atoms with Crippen molar-refractivity contribution in [3.05, 3.63) is 230 Å². The molecule has 0 saturated heterocycles. The Kier molecular flexibility index (Phi) is 8.20. The summed E-state index contributed by atoms with van der Waals surface area (Å²) in [6, 6.07) is 79.9. The van der Waals surface area contributed by atoms with Crippen LogP contribution in [0.5, 0.6) is 0 Å². The molecule has 0 fully saturated rings. The van der Waals surface area contributed by atoms with E-state index in [1.54, 1.807) is 0 Å². The van der Waals surface area contributed by atoms with Crippen LogP contribution in [0.15, 0.2) is 218 Å². The van der Waals surface area contributed by atoms with Gasteiger partial charge in [-0.25, -0.2) is 0 Å². The number of rotatable bonds is 7. The molecule has 2 nitrogen and oxygen atoms in total. The van der Waals surface area contributed by atoms with Crippen molar-refractivity contribution in [2.24, 2.45) is 0 Å². The zero-order valence-corrected chi connectivity index (χ0v) is 33.2. The maximum Gasteiger partial charge on any atom is 0.0541 e. The first-order chi connectivity index (χ1) is 29.0. The standard InChI is InChI=1S/C57H42N2/c1-57(2)53-24-14-12-22-48(53)49-34-32-46(38-54(49)57)58(44-29-26-40(27-30-44)39-16-6-3-7-17-39)45-31-33-47(51(37-45)41-18-8-4-9-19-41)42-28-35-56-52(36-42)50-23-13-15-25-55(50)59(56)43-20-10-5-11-21-43/h3-38H,1-2H3. The van der Waals surface area contributed by atoms with Crippen LogP contribution < -0.4 is 4.90 Å². The Morgan fingerprint density at radius 3 is 1.64 bits per heavy atom. The van der Waals surface area contributed by atoms with Gasteiger partial charge in [0.2, 0.25) is 0 Å². The van der Waals surface area contributed by atoms with Crippen molar-refractivity contribution in [3.8, 4) is 50.2 Å². The van der Waals surface area contributed by atoms with E-state index in [-0.39, 0.29) is 5.41 Å². The number of hydrogen-bond acceptors (Lipinski definition) is 1. The second-order valence-electron chi connectivity index (χ2n) is 16.2. The van der Waals surface area contributed by atoms with Crippen LogP contribution in [0.1, 0.15) is 25.0 Å². The summed E-state index contributed by atoms with van der Waals surface area (Å²) < 4.78 is 2.38. The molecule has 0 spiro atoms. The minimum Gasteiger partial charge on any atom is -0.310 e. The lowest BCUT2D eigenvalue weighted by Crippen LogP contribution is -2.16. The zero-order valence-electron chi connectivity index (χ0n) is 33.2. The van der Waals surface area contributed by atoms with E-state index in [1.165, 1.54) is 77.4 Å². The maximum atomic E-state index is 2.43. The van der Waals surface area contributed by atoms with Crippen LogP contribution in [-0.4, -0.2) is 4.57 Å². The molecule has 0 N–H and O–H groups in total. The van der Waals surface area contributed by atoms with E-state index < -0.39 is 0 Å². The van der Waals surface area contributed by atoms with Crippen molar-refractivity contribution in [2.75, 3.05) is 4.90 Å². The average Bonchev–Trinajstić information content (AvgIpc) is 3.75. The predicted octanol–water partition coefficient (Wildman–Crippen LogP) is 15.6. The van der Waals surface area contributed by atoms with Gasteiger partial charge in [-0.2, -0.15) is 0 Å². The van der Waals surface area contributed by atoms with Crippen LogP contribution in [-0.2, 0) is 5.41 Å². The summed E-state index contributed by atoms with van der Waals surface area (Å²) in [5.74, 6) is 0. The molecule has 59 heavy (non-hydrogen) atoms. The molecule has 10 aromatic rings. The average molecular weight is 755 g/mol. The number of hydrogen-bond donors (Lipinski definition) is 0. The van der Waals surface area contributed by atoms with E-state index in [2.05, 4.69) is 242 Å². The van der Waals surface area contributed by atoms with Crippen LogP contribution in [0.3, 0.4) is 0 Å². The van der Waals surface area contributed by atoms with Crippen LogP contribution in [0.25, 0.3) is 72.0 Å². The number of anilines is 3. The fraction of sp³-hybridized carbons (Fsp3) is 0.0526. The SMILES string of the molecule is CC1(C)c2ccccc2-c2ccc(N(c3ccc(-c4ccccc4)cc3)c3ccc(-c4ccc5c(c4)c4ccccc4n5-c4ccccc4)c(-c4ccccc4)c3)cc21. The Morgan fingerprint density at radius 1 is 0.339 bits per heavy atom. The Labute approximate surface area is 345 Å². The van der Waals surface area contributed by atoms with Gasteiger partial charge in [0.1, 0.15) is 0 Å². The van der Waals surface area contributed by atoms with Crippen LogP contribution in [0.4, 0.5) is 17.1 Å². The van der Waals surface area contributed by atoms with E-state index in [9.17, 15) is 0 Å². The van der Waals surface area contributed by atoms with Gasteiger partial charge in [-0.05, 0) is 122 Å². The quantitative estimate of drug-likeness (QED) is 0.157. The van der Waals surface area contributed by atoms with E-state index >= 15 is 0 Å². The molecule has 1 aliphatic rings. The van der Waals surface area contributed by atoms with Gasteiger partial charge in [0.15, 0.2) is 0 Å². The van der Waals surface area contributed by atoms with Crippen molar-refractivity contribution in [3.63, 3.8) is 0 Å². The normalized spacial score (nSPS) is 12.7. The first kappa shape index (κ1) is 34.8. The third-order valence-corrected chi connectivity index (χ3v) is 12.4. The third kappa shape index (κ3) is 5.79. The molecular weight excluding hydrogens is 713 g/mol. The van der Waals surface area contributed by atoms with Crippen molar-refractivity contribution in [1.82, 2.24) is 4.57 Å². The van der Waals surface area contributed by atoms with Gasteiger partial charge in [-0.15, -0.1) is 0 Å². The summed E-state index contributed by atoms with van der Waals surface area (Å²) in [5.41, 5.74) is 19.4. The molecule has 0 aliphatic heterocycles. The Balaban J connectivity index is 1.10. The molecule has 0 saturated carbocycles. The molecule has 2 heteroatoms. The van der Waals surface area contributed by atoms with Crippen molar-refractivity contribution < 1.29 is 0 Å². The molecule has 1 aliphatic carbocycles. The number of para-hydroxylation sites is 2. The third-order valence-electron chi connectivity index (χ3n) is 12.4. The molecule has 1 aromatic heterocycles. The summed E-state index contributed by atoms with van der Waals surface area (Å²) in [6.45, 7) is 4.72. The maximum absolute atomic E-state index is 2.43. The second kappa shape index (κ2) is 13.9. The molecule has 0 bridgehead atoms. The number of nitrogens with zero attached hydrogens (tertiary/aromatic N) is 2. The lowest BCUT2D eigenvalue weighted by molar-refractivity contribution is 0.660. The molecule has 9 aromatic carbocycles. The molecule has 280 valence electrons. The monoisotopic (exact) mass is 754 g/mol. The zero-order chi connectivity index (χ0) is 39.5. The van der Waals surface area contributed by atoms with Gasteiger partial charge < -0.3 is 9.47 Å². The molecule has 0 atom stereocenters. The fourth-order valence-electron chi connectivity index (χ4n) is 9.49. The topological polar surface area (TPSA) is 8.17 Å². The highest BCUT2D eigenvalue weighted by molar-refractivity contribution is 6.11. The molecule has 0 radical (unpaired) electrons. The predicted molar refractivity (Wildman–Crippen MR) is 249 cm³/mol. The molecular formula is C57H42N2. The van der Waals surface area contributed by atoms with Gasteiger partial charge in [-0.3, -0.25) is 0 Å². The van der Waals surface area contributed by atoms with Crippen LogP contribution in [0, 0.1) is 0 Å². The summed E-state index contributed by atoms with van der Waals surface area (Å²) in [7, 11) is 0. The van der Waals surface area contributed by atoms with E-state index in [1.807, 2.05) is 0 Å². The van der Waals surface area contributed by atoms with Crippen LogP contribution in [0.2, 0.25) is 0 Å². The van der Waals surface area contributed by atoms with Crippen molar-refractivity contribution in [2.45, 2.75) is 19.3 Å². The number of aromatic nitrogens is 1. The second-order valence-corrected chi connectivity index (χ2v) is 16.2. The Hall–Kier alpha value is -7.42.